The zero-order valence-electron chi connectivity index (χ0n) is 12.3. The molecular weight excluding hydrogens is 357 g/mol. The normalized spacial score (nSPS) is 11.6. The Kier molecular flexibility index (Phi) is 4.54. The number of aromatic nitrogens is 2. The van der Waals surface area contributed by atoms with Crippen LogP contribution in [0, 0.1) is 5.82 Å². The topological polar surface area (TPSA) is 37.8 Å². The molecular formula is C15H16BrClFN3. The second-order valence-corrected chi connectivity index (χ2v) is 6.86. The van der Waals surface area contributed by atoms with Crippen molar-refractivity contribution in [2.75, 3.05) is 12.4 Å². The van der Waals surface area contributed by atoms with Crippen molar-refractivity contribution in [3.63, 3.8) is 0 Å². The zero-order chi connectivity index (χ0) is 15.8. The SMILES string of the molecule is CNc1nc(-c2cccc(Cl)c2F)nc(C(C)(C)C)c1Br. The maximum Gasteiger partial charge on any atom is 0.164 e. The van der Waals surface area contributed by atoms with Crippen LogP contribution in [-0.4, -0.2) is 17.0 Å². The van der Waals surface area contributed by atoms with Crippen molar-refractivity contribution >= 4 is 33.3 Å². The third kappa shape index (κ3) is 3.19. The lowest BCUT2D eigenvalue weighted by Gasteiger charge is -2.21. The van der Waals surface area contributed by atoms with E-state index in [1.165, 1.54) is 6.07 Å². The molecule has 0 amide bonds. The van der Waals surface area contributed by atoms with Crippen molar-refractivity contribution in [2.24, 2.45) is 0 Å². The van der Waals surface area contributed by atoms with Gasteiger partial charge in [0.25, 0.3) is 0 Å². The molecule has 1 heterocycles. The fourth-order valence-corrected chi connectivity index (χ4v) is 3.05. The summed E-state index contributed by atoms with van der Waals surface area (Å²) in [4.78, 5) is 8.90. The highest BCUT2D eigenvalue weighted by atomic mass is 79.9. The molecule has 112 valence electrons. The van der Waals surface area contributed by atoms with Gasteiger partial charge < -0.3 is 5.32 Å². The summed E-state index contributed by atoms with van der Waals surface area (Å²) >= 11 is 9.35. The minimum absolute atomic E-state index is 0.0577. The van der Waals surface area contributed by atoms with Crippen LogP contribution in [0.25, 0.3) is 11.4 Å². The molecule has 0 spiro atoms. The average molecular weight is 373 g/mol. The number of rotatable bonds is 2. The summed E-state index contributed by atoms with van der Waals surface area (Å²) in [6.45, 7) is 6.12. The molecule has 1 aromatic heterocycles. The molecule has 0 radical (unpaired) electrons. The third-order valence-corrected chi connectivity index (χ3v) is 4.03. The van der Waals surface area contributed by atoms with E-state index in [4.69, 9.17) is 11.6 Å². The molecule has 2 rings (SSSR count). The fourth-order valence-electron chi connectivity index (χ4n) is 1.91. The van der Waals surface area contributed by atoms with E-state index in [9.17, 15) is 4.39 Å². The van der Waals surface area contributed by atoms with Gasteiger partial charge >= 0.3 is 0 Å². The molecule has 0 aliphatic heterocycles. The quantitative estimate of drug-likeness (QED) is 0.802. The van der Waals surface area contributed by atoms with Gasteiger partial charge in [0.15, 0.2) is 11.6 Å². The first-order valence-electron chi connectivity index (χ1n) is 6.46. The summed E-state index contributed by atoms with van der Waals surface area (Å²) in [6.07, 6.45) is 0. The molecule has 0 unspecified atom stereocenters. The van der Waals surface area contributed by atoms with Crippen LogP contribution in [0.3, 0.4) is 0 Å². The summed E-state index contributed by atoms with van der Waals surface area (Å²) in [5.41, 5.74) is 0.880. The van der Waals surface area contributed by atoms with Crippen molar-refractivity contribution in [3.8, 4) is 11.4 Å². The van der Waals surface area contributed by atoms with E-state index in [0.717, 1.165) is 10.2 Å². The summed E-state index contributed by atoms with van der Waals surface area (Å²) in [7, 11) is 1.76. The monoisotopic (exact) mass is 371 g/mol. The Balaban J connectivity index is 2.73. The molecule has 0 fully saturated rings. The molecule has 1 aromatic carbocycles. The lowest BCUT2D eigenvalue weighted by atomic mass is 9.91. The molecule has 0 aliphatic carbocycles. The van der Waals surface area contributed by atoms with Crippen LogP contribution in [0.4, 0.5) is 10.2 Å². The van der Waals surface area contributed by atoms with E-state index < -0.39 is 5.82 Å². The smallest absolute Gasteiger partial charge is 0.164 e. The van der Waals surface area contributed by atoms with Gasteiger partial charge in [-0.25, -0.2) is 14.4 Å². The molecule has 0 atom stereocenters. The lowest BCUT2D eigenvalue weighted by molar-refractivity contribution is 0.564. The standard InChI is InChI=1S/C15H16BrClFN3/c1-15(2,3)12-10(16)14(19-4)21-13(20-12)8-6-5-7-9(17)11(8)18/h5-7H,1-4H3,(H,19,20,21). The van der Waals surface area contributed by atoms with Crippen LogP contribution in [0.1, 0.15) is 26.5 Å². The summed E-state index contributed by atoms with van der Waals surface area (Å²) in [5.74, 6) is 0.417. The van der Waals surface area contributed by atoms with Crippen molar-refractivity contribution in [3.05, 3.63) is 39.2 Å². The molecule has 3 nitrogen and oxygen atoms in total. The Morgan fingerprint density at radius 2 is 1.90 bits per heavy atom. The first-order valence-corrected chi connectivity index (χ1v) is 7.63. The molecule has 1 N–H and O–H groups in total. The number of nitrogens with zero attached hydrogens (tertiary/aromatic N) is 2. The van der Waals surface area contributed by atoms with Crippen molar-refractivity contribution < 1.29 is 4.39 Å². The van der Waals surface area contributed by atoms with E-state index in [0.29, 0.717) is 11.6 Å². The van der Waals surface area contributed by atoms with Gasteiger partial charge in [-0.15, -0.1) is 0 Å². The van der Waals surface area contributed by atoms with E-state index in [-0.39, 0.29) is 16.0 Å². The Hall–Kier alpha value is -1.20. The van der Waals surface area contributed by atoms with Crippen LogP contribution < -0.4 is 5.32 Å². The van der Waals surface area contributed by atoms with Crippen molar-refractivity contribution in [1.82, 2.24) is 9.97 Å². The Morgan fingerprint density at radius 1 is 1.24 bits per heavy atom. The molecule has 21 heavy (non-hydrogen) atoms. The number of halogens is 3. The van der Waals surface area contributed by atoms with Crippen LogP contribution in [-0.2, 0) is 5.41 Å². The van der Waals surface area contributed by atoms with Gasteiger partial charge in [0.2, 0.25) is 0 Å². The van der Waals surface area contributed by atoms with Gasteiger partial charge in [-0.3, -0.25) is 0 Å². The van der Waals surface area contributed by atoms with Gasteiger partial charge in [-0.1, -0.05) is 38.4 Å². The van der Waals surface area contributed by atoms with Crippen molar-refractivity contribution in [1.29, 1.82) is 0 Å². The maximum absolute atomic E-state index is 14.2. The minimum Gasteiger partial charge on any atom is -0.372 e. The summed E-state index contributed by atoms with van der Waals surface area (Å²) < 4.78 is 15.0. The molecule has 2 aromatic rings. The molecule has 6 heteroatoms. The third-order valence-electron chi connectivity index (χ3n) is 2.99. The second kappa shape index (κ2) is 5.89. The highest BCUT2D eigenvalue weighted by Gasteiger charge is 2.24. The molecule has 0 saturated heterocycles. The summed E-state index contributed by atoms with van der Waals surface area (Å²) in [5, 5.41) is 3.06. The van der Waals surface area contributed by atoms with Gasteiger partial charge in [0, 0.05) is 12.5 Å². The van der Waals surface area contributed by atoms with E-state index >= 15 is 0 Å². The maximum atomic E-state index is 14.2. The first-order chi connectivity index (χ1) is 9.75. The number of hydrogen-bond acceptors (Lipinski definition) is 3. The fraction of sp³-hybridized carbons (Fsp3) is 0.333. The van der Waals surface area contributed by atoms with E-state index in [1.54, 1.807) is 19.2 Å². The summed E-state index contributed by atoms with van der Waals surface area (Å²) in [6, 6.07) is 4.81. The predicted molar refractivity (Wildman–Crippen MR) is 88.4 cm³/mol. The lowest BCUT2D eigenvalue weighted by Crippen LogP contribution is -2.17. The Morgan fingerprint density at radius 3 is 2.48 bits per heavy atom. The molecule has 0 bridgehead atoms. The van der Waals surface area contributed by atoms with Crippen LogP contribution in [0.2, 0.25) is 5.02 Å². The minimum atomic E-state index is -0.511. The van der Waals surface area contributed by atoms with Gasteiger partial charge in [0.05, 0.1) is 20.8 Å². The van der Waals surface area contributed by atoms with Gasteiger partial charge in [0.1, 0.15) is 5.82 Å². The number of anilines is 1. The molecule has 0 saturated carbocycles. The predicted octanol–water partition coefficient (Wildman–Crippen LogP) is 5.04. The zero-order valence-corrected chi connectivity index (χ0v) is 14.6. The van der Waals surface area contributed by atoms with Gasteiger partial charge in [-0.05, 0) is 28.1 Å². The average Bonchev–Trinajstić information content (AvgIpc) is 2.41. The Bertz CT molecular complexity index is 683. The highest BCUT2D eigenvalue weighted by molar-refractivity contribution is 9.10. The largest absolute Gasteiger partial charge is 0.372 e. The van der Waals surface area contributed by atoms with Crippen molar-refractivity contribution in [2.45, 2.75) is 26.2 Å². The van der Waals surface area contributed by atoms with E-state index in [1.807, 2.05) is 20.8 Å². The van der Waals surface area contributed by atoms with Gasteiger partial charge in [-0.2, -0.15) is 0 Å². The highest BCUT2D eigenvalue weighted by Crippen LogP contribution is 2.35. The number of nitrogens with one attached hydrogen (secondary N) is 1. The van der Waals surface area contributed by atoms with Crippen LogP contribution in [0.5, 0.6) is 0 Å². The Labute approximate surface area is 137 Å². The first kappa shape index (κ1) is 16.2. The van der Waals surface area contributed by atoms with Crippen LogP contribution in [0.15, 0.2) is 22.7 Å². The second-order valence-electron chi connectivity index (χ2n) is 5.66. The molecule has 0 aliphatic rings. The van der Waals surface area contributed by atoms with Crippen LogP contribution >= 0.6 is 27.5 Å². The number of hydrogen-bond donors (Lipinski definition) is 1. The van der Waals surface area contributed by atoms with E-state index in [2.05, 4.69) is 31.2 Å². The number of benzene rings is 1.